The molecule has 1 unspecified atom stereocenters. The molecule has 0 spiro atoms. The summed E-state index contributed by atoms with van der Waals surface area (Å²) in [5.41, 5.74) is 4.05. The zero-order chi connectivity index (χ0) is 26.8. The summed E-state index contributed by atoms with van der Waals surface area (Å²) in [7, 11) is 0. The Labute approximate surface area is 229 Å². The number of aromatic nitrogens is 3. The molecule has 204 valence electrons. The fraction of sp³-hybridized carbons (Fsp3) is 0.452. The fourth-order valence-electron chi connectivity index (χ4n) is 6.34. The first-order valence-electron chi connectivity index (χ1n) is 14.2. The lowest BCUT2D eigenvalue weighted by Gasteiger charge is -2.40. The Balaban J connectivity index is 1.16. The van der Waals surface area contributed by atoms with Crippen LogP contribution in [-0.4, -0.2) is 67.6 Å². The van der Waals surface area contributed by atoms with Crippen LogP contribution in [0.2, 0.25) is 0 Å². The lowest BCUT2D eigenvalue weighted by molar-refractivity contribution is -0.130. The second-order valence-corrected chi connectivity index (χ2v) is 11.2. The molecule has 7 nitrogen and oxygen atoms in total. The Hall–Kier alpha value is -3.52. The first-order chi connectivity index (χ1) is 19.0. The Kier molecular flexibility index (Phi) is 7.46. The zero-order valence-electron chi connectivity index (χ0n) is 22.7. The van der Waals surface area contributed by atoms with Gasteiger partial charge in [0.1, 0.15) is 18.0 Å². The highest BCUT2D eigenvalue weighted by Crippen LogP contribution is 2.30. The standard InChI is InChI=1S/C31H37FN6O/c1-23-5-4-8-29(37(19-23)20-25-6-2-3-7-28(25)24-9-11-26(32)12-10-24)31(39)35-15-13-27(14-16-35)36-17-18-38-30(21-36)33-22-34-38/h2-3,6-12,22-23,27H,4-5,13-21H2,1H3. The van der Waals surface area contributed by atoms with Gasteiger partial charge in [-0.2, -0.15) is 5.10 Å². The summed E-state index contributed by atoms with van der Waals surface area (Å²) < 4.78 is 15.6. The molecule has 1 amide bonds. The van der Waals surface area contributed by atoms with Gasteiger partial charge in [-0.1, -0.05) is 49.4 Å². The average Bonchev–Trinajstić information content (AvgIpc) is 3.36. The van der Waals surface area contributed by atoms with Crippen molar-refractivity contribution in [3.05, 3.63) is 83.8 Å². The molecule has 4 heterocycles. The molecular formula is C31H37FN6O. The molecule has 6 rings (SSSR count). The van der Waals surface area contributed by atoms with Gasteiger partial charge in [-0.25, -0.2) is 14.1 Å². The lowest BCUT2D eigenvalue weighted by atomic mass is 9.98. The van der Waals surface area contributed by atoms with Crippen molar-refractivity contribution in [2.45, 2.75) is 58.3 Å². The summed E-state index contributed by atoms with van der Waals surface area (Å²) in [4.78, 5) is 25.2. The third kappa shape index (κ3) is 5.62. The van der Waals surface area contributed by atoms with Crippen molar-refractivity contribution in [1.82, 2.24) is 29.5 Å². The summed E-state index contributed by atoms with van der Waals surface area (Å²) in [6, 6.07) is 15.4. The number of rotatable bonds is 5. The van der Waals surface area contributed by atoms with Gasteiger partial charge in [-0.3, -0.25) is 9.69 Å². The number of nitrogens with zero attached hydrogens (tertiary/aromatic N) is 6. The largest absolute Gasteiger partial charge is 0.363 e. The molecule has 0 radical (unpaired) electrons. The molecule has 1 aromatic heterocycles. The molecule has 3 aliphatic heterocycles. The highest BCUT2D eigenvalue weighted by Gasteiger charge is 2.32. The number of halogens is 1. The third-order valence-electron chi connectivity index (χ3n) is 8.53. The number of benzene rings is 2. The number of hydrogen-bond donors (Lipinski definition) is 0. The van der Waals surface area contributed by atoms with E-state index >= 15 is 0 Å². The van der Waals surface area contributed by atoms with Gasteiger partial charge in [0.15, 0.2) is 0 Å². The van der Waals surface area contributed by atoms with Crippen LogP contribution in [0.4, 0.5) is 4.39 Å². The van der Waals surface area contributed by atoms with Gasteiger partial charge in [-0.05, 0) is 60.4 Å². The summed E-state index contributed by atoms with van der Waals surface area (Å²) in [5, 5.41) is 4.30. The van der Waals surface area contributed by atoms with Gasteiger partial charge in [0.25, 0.3) is 5.91 Å². The molecule has 3 aliphatic rings. The summed E-state index contributed by atoms with van der Waals surface area (Å²) in [6.45, 7) is 8.03. The minimum atomic E-state index is -0.235. The van der Waals surface area contributed by atoms with Crippen molar-refractivity contribution in [1.29, 1.82) is 0 Å². The fourth-order valence-corrected chi connectivity index (χ4v) is 6.34. The maximum atomic E-state index is 14.0. The summed E-state index contributed by atoms with van der Waals surface area (Å²) in [6.07, 6.45) is 7.77. The van der Waals surface area contributed by atoms with Gasteiger partial charge in [0.05, 0.1) is 18.8 Å². The van der Waals surface area contributed by atoms with Crippen molar-refractivity contribution in [2.24, 2.45) is 5.92 Å². The second kappa shape index (κ2) is 11.3. The monoisotopic (exact) mass is 528 g/mol. The van der Waals surface area contributed by atoms with Crippen LogP contribution in [0.25, 0.3) is 11.1 Å². The highest BCUT2D eigenvalue weighted by molar-refractivity contribution is 5.93. The Morgan fingerprint density at radius 3 is 2.62 bits per heavy atom. The molecule has 0 saturated carbocycles. The minimum Gasteiger partial charge on any atom is -0.363 e. The van der Waals surface area contributed by atoms with Crippen LogP contribution >= 0.6 is 0 Å². The third-order valence-corrected chi connectivity index (χ3v) is 8.53. The van der Waals surface area contributed by atoms with E-state index in [1.165, 1.54) is 12.1 Å². The summed E-state index contributed by atoms with van der Waals surface area (Å²) >= 11 is 0. The van der Waals surface area contributed by atoms with Crippen molar-refractivity contribution < 1.29 is 9.18 Å². The maximum absolute atomic E-state index is 14.0. The van der Waals surface area contributed by atoms with Crippen LogP contribution in [0.3, 0.4) is 0 Å². The molecule has 0 bridgehead atoms. The van der Waals surface area contributed by atoms with Crippen LogP contribution < -0.4 is 0 Å². The molecule has 0 N–H and O–H groups in total. The number of hydrogen-bond acceptors (Lipinski definition) is 5. The predicted molar refractivity (Wildman–Crippen MR) is 149 cm³/mol. The first-order valence-corrected chi connectivity index (χ1v) is 14.2. The van der Waals surface area contributed by atoms with E-state index in [2.05, 4.69) is 49.9 Å². The molecule has 0 aliphatic carbocycles. The zero-order valence-corrected chi connectivity index (χ0v) is 22.7. The van der Waals surface area contributed by atoms with E-state index < -0.39 is 0 Å². The number of carbonyl (C=O) groups is 1. The van der Waals surface area contributed by atoms with Crippen LogP contribution in [0.5, 0.6) is 0 Å². The van der Waals surface area contributed by atoms with E-state index in [9.17, 15) is 9.18 Å². The molecule has 3 aromatic rings. The van der Waals surface area contributed by atoms with Gasteiger partial charge in [0, 0.05) is 38.8 Å². The van der Waals surface area contributed by atoms with E-state index in [1.54, 1.807) is 6.33 Å². The van der Waals surface area contributed by atoms with E-state index in [-0.39, 0.29) is 11.7 Å². The SMILES string of the molecule is CC1CCC=C(C(=O)N2CCC(N3CCn4ncnc4C3)CC2)N(Cc2ccccc2-c2ccc(F)cc2)C1. The van der Waals surface area contributed by atoms with Crippen LogP contribution in [0.1, 0.15) is 44.0 Å². The smallest absolute Gasteiger partial charge is 0.269 e. The number of piperidine rings is 1. The van der Waals surface area contributed by atoms with Crippen molar-refractivity contribution >= 4 is 5.91 Å². The van der Waals surface area contributed by atoms with Crippen molar-refractivity contribution in [3.8, 4) is 11.1 Å². The maximum Gasteiger partial charge on any atom is 0.269 e. The van der Waals surface area contributed by atoms with Gasteiger partial charge in [0.2, 0.25) is 0 Å². The van der Waals surface area contributed by atoms with Gasteiger partial charge in [-0.15, -0.1) is 0 Å². The number of carbonyl (C=O) groups excluding carboxylic acids is 1. The van der Waals surface area contributed by atoms with Crippen LogP contribution in [-0.2, 0) is 24.4 Å². The predicted octanol–water partition coefficient (Wildman–Crippen LogP) is 4.71. The van der Waals surface area contributed by atoms with Crippen molar-refractivity contribution in [2.75, 3.05) is 26.2 Å². The van der Waals surface area contributed by atoms with E-state index in [4.69, 9.17) is 0 Å². The molecule has 1 atom stereocenters. The topological polar surface area (TPSA) is 57.5 Å². The number of fused-ring (bicyclic) bond motifs is 1. The Morgan fingerprint density at radius 2 is 1.79 bits per heavy atom. The number of amides is 1. The van der Waals surface area contributed by atoms with E-state index in [0.717, 1.165) is 93.2 Å². The second-order valence-electron chi connectivity index (χ2n) is 11.2. The molecule has 2 aromatic carbocycles. The normalized spacial score (nSPS) is 20.9. The lowest BCUT2D eigenvalue weighted by Crippen LogP contribution is -2.50. The molecule has 8 heteroatoms. The molecule has 1 saturated heterocycles. The molecule has 1 fully saturated rings. The Morgan fingerprint density at radius 1 is 1.00 bits per heavy atom. The minimum absolute atomic E-state index is 0.153. The van der Waals surface area contributed by atoms with E-state index in [0.29, 0.717) is 18.5 Å². The molecular weight excluding hydrogens is 491 g/mol. The molecule has 39 heavy (non-hydrogen) atoms. The van der Waals surface area contributed by atoms with Crippen LogP contribution in [0.15, 0.2) is 66.6 Å². The van der Waals surface area contributed by atoms with E-state index in [1.807, 2.05) is 28.9 Å². The average molecular weight is 529 g/mol. The quantitative estimate of drug-likeness (QED) is 0.480. The van der Waals surface area contributed by atoms with Crippen LogP contribution in [0, 0.1) is 11.7 Å². The van der Waals surface area contributed by atoms with Crippen molar-refractivity contribution in [3.63, 3.8) is 0 Å². The highest BCUT2D eigenvalue weighted by atomic mass is 19.1. The number of allylic oxidation sites excluding steroid dienone is 1. The first kappa shape index (κ1) is 25.7. The Bertz CT molecular complexity index is 1330. The van der Waals surface area contributed by atoms with Gasteiger partial charge >= 0.3 is 0 Å². The van der Waals surface area contributed by atoms with Gasteiger partial charge < -0.3 is 9.80 Å². The number of likely N-dealkylation sites (tertiary alicyclic amines) is 1. The summed E-state index contributed by atoms with van der Waals surface area (Å²) in [5.74, 6) is 1.45.